The second kappa shape index (κ2) is 5.82. The van der Waals surface area contributed by atoms with Crippen LogP contribution < -0.4 is 10.6 Å². The smallest absolute Gasteiger partial charge is 0.373 e. The van der Waals surface area contributed by atoms with Gasteiger partial charge in [0.1, 0.15) is 5.82 Å². The van der Waals surface area contributed by atoms with Gasteiger partial charge in [0.2, 0.25) is 0 Å². The van der Waals surface area contributed by atoms with Crippen molar-refractivity contribution in [2.45, 2.75) is 6.18 Å². The monoisotopic (exact) mass is 295 g/mol. The maximum Gasteiger partial charge on any atom is 0.416 e. The molecular formula is C14H12F3N3O. The molecule has 0 radical (unpaired) electrons. The number of nitrogens with one attached hydrogen (secondary N) is 2. The normalized spacial score (nSPS) is 11.0. The molecule has 0 unspecified atom stereocenters. The Bertz CT molecular complexity index is 656. The van der Waals surface area contributed by atoms with Crippen molar-refractivity contribution in [1.82, 2.24) is 4.98 Å². The summed E-state index contributed by atoms with van der Waals surface area (Å²) in [6, 6.07) is 7.45. The van der Waals surface area contributed by atoms with Gasteiger partial charge in [0, 0.05) is 24.5 Å². The van der Waals surface area contributed by atoms with E-state index in [4.69, 9.17) is 0 Å². The predicted molar refractivity (Wildman–Crippen MR) is 73.2 cm³/mol. The zero-order valence-electron chi connectivity index (χ0n) is 11.0. The predicted octanol–water partition coefficient (Wildman–Crippen LogP) is 3.39. The molecule has 0 saturated heterocycles. The van der Waals surface area contributed by atoms with Crippen LogP contribution in [0, 0.1) is 0 Å². The zero-order chi connectivity index (χ0) is 15.5. The maximum absolute atomic E-state index is 12.6. The molecule has 0 aliphatic carbocycles. The van der Waals surface area contributed by atoms with E-state index in [1.165, 1.54) is 30.5 Å². The number of hydrogen-bond acceptors (Lipinski definition) is 3. The van der Waals surface area contributed by atoms with Crippen molar-refractivity contribution in [3.05, 3.63) is 53.7 Å². The third-order valence-corrected chi connectivity index (χ3v) is 2.73. The number of pyridine rings is 1. The van der Waals surface area contributed by atoms with E-state index in [-0.39, 0.29) is 5.69 Å². The Hall–Kier alpha value is -2.57. The molecule has 0 aliphatic heterocycles. The van der Waals surface area contributed by atoms with Crippen LogP contribution in [0.3, 0.4) is 0 Å². The van der Waals surface area contributed by atoms with E-state index < -0.39 is 17.6 Å². The van der Waals surface area contributed by atoms with Gasteiger partial charge in [-0.2, -0.15) is 13.2 Å². The number of amides is 1. The van der Waals surface area contributed by atoms with Gasteiger partial charge in [0.05, 0.1) is 5.56 Å². The summed E-state index contributed by atoms with van der Waals surface area (Å²) in [7, 11) is 1.65. The lowest BCUT2D eigenvalue weighted by molar-refractivity contribution is -0.137. The SMILES string of the molecule is CNc1cc(C(=O)Nc2cccc(C(F)(F)F)c2)ccn1. The van der Waals surface area contributed by atoms with E-state index in [9.17, 15) is 18.0 Å². The van der Waals surface area contributed by atoms with Crippen molar-refractivity contribution in [1.29, 1.82) is 0 Å². The molecule has 7 heteroatoms. The van der Waals surface area contributed by atoms with E-state index in [0.29, 0.717) is 11.4 Å². The molecule has 1 aromatic heterocycles. The molecule has 2 aromatic rings. The number of nitrogens with zero attached hydrogens (tertiary/aromatic N) is 1. The Morgan fingerprint density at radius 2 is 1.95 bits per heavy atom. The van der Waals surface area contributed by atoms with Gasteiger partial charge in [0.25, 0.3) is 5.91 Å². The third kappa shape index (κ3) is 3.71. The van der Waals surface area contributed by atoms with Crippen LogP contribution in [0.15, 0.2) is 42.6 Å². The van der Waals surface area contributed by atoms with Gasteiger partial charge in [-0.15, -0.1) is 0 Å². The minimum Gasteiger partial charge on any atom is -0.373 e. The molecule has 21 heavy (non-hydrogen) atoms. The van der Waals surface area contributed by atoms with Crippen LogP contribution in [0.25, 0.3) is 0 Å². The van der Waals surface area contributed by atoms with Gasteiger partial charge in [0.15, 0.2) is 0 Å². The van der Waals surface area contributed by atoms with Crippen molar-refractivity contribution in [3.8, 4) is 0 Å². The molecule has 1 heterocycles. The highest BCUT2D eigenvalue weighted by Crippen LogP contribution is 2.30. The molecule has 0 fully saturated rings. The number of alkyl halides is 3. The van der Waals surface area contributed by atoms with Gasteiger partial charge in [-0.1, -0.05) is 6.07 Å². The Labute approximate surface area is 119 Å². The molecule has 110 valence electrons. The molecule has 0 aliphatic rings. The van der Waals surface area contributed by atoms with E-state index in [1.807, 2.05) is 0 Å². The molecule has 1 amide bonds. The number of rotatable bonds is 3. The quantitative estimate of drug-likeness (QED) is 0.912. The summed E-state index contributed by atoms with van der Waals surface area (Å²) in [6.07, 6.45) is -3.01. The van der Waals surface area contributed by atoms with E-state index in [1.54, 1.807) is 7.05 Å². The molecule has 0 saturated carbocycles. The maximum atomic E-state index is 12.6. The molecule has 0 atom stereocenters. The topological polar surface area (TPSA) is 54.0 Å². The minimum atomic E-state index is -4.45. The van der Waals surface area contributed by atoms with Crippen molar-refractivity contribution in [2.24, 2.45) is 0 Å². The molecule has 1 aromatic carbocycles. The third-order valence-electron chi connectivity index (χ3n) is 2.73. The lowest BCUT2D eigenvalue weighted by atomic mass is 10.2. The Morgan fingerprint density at radius 1 is 1.19 bits per heavy atom. The van der Waals surface area contributed by atoms with Crippen LogP contribution in [-0.4, -0.2) is 17.9 Å². The first kappa shape index (κ1) is 14.8. The number of halogens is 3. The average molecular weight is 295 g/mol. The number of anilines is 2. The molecule has 2 N–H and O–H groups in total. The first-order chi connectivity index (χ1) is 9.90. The first-order valence-corrected chi connectivity index (χ1v) is 6.02. The van der Waals surface area contributed by atoms with E-state index in [2.05, 4.69) is 15.6 Å². The van der Waals surface area contributed by atoms with Crippen LogP contribution in [0.1, 0.15) is 15.9 Å². The summed E-state index contributed by atoms with van der Waals surface area (Å²) in [5.74, 6) is -0.0140. The summed E-state index contributed by atoms with van der Waals surface area (Å²) in [4.78, 5) is 15.9. The average Bonchev–Trinajstić information content (AvgIpc) is 2.46. The number of carbonyl (C=O) groups is 1. The largest absolute Gasteiger partial charge is 0.416 e. The lowest BCUT2D eigenvalue weighted by Gasteiger charge is -2.10. The van der Waals surface area contributed by atoms with Crippen molar-refractivity contribution >= 4 is 17.4 Å². The number of hydrogen-bond donors (Lipinski definition) is 2. The highest BCUT2D eigenvalue weighted by Gasteiger charge is 2.30. The molecule has 2 rings (SSSR count). The van der Waals surface area contributed by atoms with Gasteiger partial charge in [-0.25, -0.2) is 4.98 Å². The molecular weight excluding hydrogens is 283 g/mol. The molecule has 0 bridgehead atoms. The molecule has 4 nitrogen and oxygen atoms in total. The van der Waals surface area contributed by atoms with Crippen molar-refractivity contribution in [2.75, 3.05) is 17.7 Å². The summed E-state index contributed by atoms with van der Waals surface area (Å²) in [5, 5.41) is 5.20. The van der Waals surface area contributed by atoms with Crippen molar-refractivity contribution < 1.29 is 18.0 Å². The Kier molecular flexibility index (Phi) is 4.11. The number of benzene rings is 1. The van der Waals surface area contributed by atoms with Gasteiger partial charge in [-0.3, -0.25) is 4.79 Å². The highest BCUT2D eigenvalue weighted by molar-refractivity contribution is 6.04. The van der Waals surface area contributed by atoms with Crippen LogP contribution in [0.4, 0.5) is 24.7 Å². The second-order valence-electron chi connectivity index (χ2n) is 4.21. The second-order valence-corrected chi connectivity index (χ2v) is 4.21. The van der Waals surface area contributed by atoms with Crippen LogP contribution in [0.5, 0.6) is 0 Å². The summed E-state index contributed by atoms with van der Waals surface area (Å²) >= 11 is 0. The lowest BCUT2D eigenvalue weighted by Crippen LogP contribution is -2.13. The molecule has 0 spiro atoms. The standard InChI is InChI=1S/C14H12F3N3O/c1-18-12-7-9(5-6-19-12)13(21)20-11-4-2-3-10(8-11)14(15,16)17/h2-8H,1H3,(H,18,19)(H,20,21). The number of carbonyl (C=O) groups excluding carboxylic acids is 1. The minimum absolute atomic E-state index is 0.0812. The highest BCUT2D eigenvalue weighted by atomic mass is 19.4. The fraction of sp³-hybridized carbons (Fsp3) is 0.143. The van der Waals surface area contributed by atoms with Gasteiger partial charge < -0.3 is 10.6 Å². The fourth-order valence-corrected chi connectivity index (χ4v) is 1.69. The Balaban J connectivity index is 2.19. The summed E-state index contributed by atoms with van der Waals surface area (Å²) in [6.45, 7) is 0. The fourth-order valence-electron chi connectivity index (χ4n) is 1.69. The van der Waals surface area contributed by atoms with E-state index in [0.717, 1.165) is 12.1 Å². The Morgan fingerprint density at radius 3 is 2.62 bits per heavy atom. The van der Waals surface area contributed by atoms with Crippen LogP contribution >= 0.6 is 0 Å². The number of aromatic nitrogens is 1. The van der Waals surface area contributed by atoms with Gasteiger partial charge in [-0.05, 0) is 30.3 Å². The van der Waals surface area contributed by atoms with Crippen LogP contribution in [0.2, 0.25) is 0 Å². The zero-order valence-corrected chi connectivity index (χ0v) is 11.0. The van der Waals surface area contributed by atoms with E-state index >= 15 is 0 Å². The van der Waals surface area contributed by atoms with Crippen molar-refractivity contribution in [3.63, 3.8) is 0 Å². The summed E-state index contributed by atoms with van der Waals surface area (Å²) < 4.78 is 37.8. The van der Waals surface area contributed by atoms with Crippen LogP contribution in [-0.2, 0) is 6.18 Å². The van der Waals surface area contributed by atoms with Gasteiger partial charge >= 0.3 is 6.18 Å². The first-order valence-electron chi connectivity index (χ1n) is 6.02. The summed E-state index contributed by atoms with van der Waals surface area (Å²) in [5.41, 5.74) is -0.435.